The molecule has 1 rings (SSSR count). The summed E-state index contributed by atoms with van der Waals surface area (Å²) < 4.78 is 27.9. The van der Waals surface area contributed by atoms with Crippen LogP contribution in [0.3, 0.4) is 0 Å². The van der Waals surface area contributed by atoms with Crippen LogP contribution >= 0.6 is 0 Å². The molecule has 0 N–H and O–H groups in total. The van der Waals surface area contributed by atoms with Crippen molar-refractivity contribution in [2.75, 3.05) is 12.4 Å². The molecule has 17 heavy (non-hydrogen) atoms. The molecule has 0 aliphatic carbocycles. The predicted molar refractivity (Wildman–Crippen MR) is 64.5 cm³/mol. The molecule has 0 saturated heterocycles. The topological polar surface area (TPSA) is 60.4 Å². The molecular formula is C12H16O4S. The first-order chi connectivity index (χ1) is 7.99. The quantitative estimate of drug-likeness (QED) is 0.750. The highest BCUT2D eigenvalue weighted by atomic mass is 32.2. The predicted octanol–water partition coefficient (Wildman–Crippen LogP) is 1.59. The van der Waals surface area contributed by atoms with Gasteiger partial charge in [-0.1, -0.05) is 19.1 Å². The van der Waals surface area contributed by atoms with Gasteiger partial charge in [0.25, 0.3) is 0 Å². The number of benzene rings is 1. The van der Waals surface area contributed by atoms with Crippen LogP contribution in [0.5, 0.6) is 0 Å². The van der Waals surface area contributed by atoms with Gasteiger partial charge in [-0.05, 0) is 24.6 Å². The number of carbonyl (C=O) groups is 1. The molecule has 0 heterocycles. The van der Waals surface area contributed by atoms with Gasteiger partial charge in [0.1, 0.15) is 0 Å². The first kappa shape index (κ1) is 13.7. The minimum Gasteiger partial charge on any atom is -0.466 e. The summed E-state index contributed by atoms with van der Waals surface area (Å²) in [6, 6.07) is 6.32. The highest BCUT2D eigenvalue weighted by molar-refractivity contribution is 7.91. The molecular weight excluding hydrogens is 240 g/mol. The third-order valence-corrected chi connectivity index (χ3v) is 4.07. The molecule has 0 radical (unpaired) electrons. The highest BCUT2D eigenvalue weighted by Crippen LogP contribution is 2.12. The van der Waals surface area contributed by atoms with E-state index in [0.29, 0.717) is 6.61 Å². The molecule has 0 saturated carbocycles. The van der Waals surface area contributed by atoms with Gasteiger partial charge in [0, 0.05) is 0 Å². The lowest BCUT2D eigenvalue weighted by Gasteiger charge is -2.04. The number of sulfone groups is 1. The second-order valence-corrected chi connectivity index (χ2v) is 5.81. The number of rotatable bonds is 5. The maximum Gasteiger partial charge on any atom is 0.310 e. The van der Waals surface area contributed by atoms with Crippen LogP contribution in [0.2, 0.25) is 0 Å². The largest absolute Gasteiger partial charge is 0.466 e. The normalized spacial score (nSPS) is 11.2. The van der Waals surface area contributed by atoms with E-state index in [2.05, 4.69) is 0 Å². The monoisotopic (exact) mass is 256 g/mol. The lowest BCUT2D eigenvalue weighted by molar-refractivity contribution is -0.142. The van der Waals surface area contributed by atoms with Gasteiger partial charge in [-0.3, -0.25) is 4.79 Å². The van der Waals surface area contributed by atoms with Crippen molar-refractivity contribution in [2.24, 2.45) is 0 Å². The molecule has 94 valence electrons. The number of esters is 1. The molecule has 0 atom stereocenters. The molecule has 1 aromatic carbocycles. The average molecular weight is 256 g/mol. The number of carbonyl (C=O) groups excluding carboxylic acids is 1. The van der Waals surface area contributed by atoms with Crippen LogP contribution in [0.25, 0.3) is 0 Å². The second kappa shape index (κ2) is 5.82. The molecule has 5 heteroatoms. The van der Waals surface area contributed by atoms with Crippen molar-refractivity contribution in [3.05, 3.63) is 29.8 Å². The Hall–Kier alpha value is -1.36. The number of hydrogen-bond acceptors (Lipinski definition) is 4. The first-order valence-corrected chi connectivity index (χ1v) is 7.12. The van der Waals surface area contributed by atoms with E-state index in [0.717, 1.165) is 5.56 Å². The van der Waals surface area contributed by atoms with Gasteiger partial charge < -0.3 is 4.74 Å². The van der Waals surface area contributed by atoms with Gasteiger partial charge in [-0.15, -0.1) is 0 Å². The summed E-state index contributed by atoms with van der Waals surface area (Å²) >= 11 is 0. The summed E-state index contributed by atoms with van der Waals surface area (Å²) in [7, 11) is -3.17. The van der Waals surface area contributed by atoms with E-state index in [1.165, 1.54) is 12.1 Å². The fourth-order valence-electron chi connectivity index (χ4n) is 1.36. The molecule has 0 spiro atoms. The van der Waals surface area contributed by atoms with Crippen LogP contribution in [-0.2, 0) is 25.8 Å². The summed E-state index contributed by atoms with van der Waals surface area (Å²) in [6.45, 7) is 3.69. The Morgan fingerprint density at radius 3 is 2.24 bits per heavy atom. The zero-order valence-corrected chi connectivity index (χ0v) is 10.8. The summed E-state index contributed by atoms with van der Waals surface area (Å²) in [6.07, 6.45) is 0.167. The SMILES string of the molecule is CCOC(=O)Cc1ccc(S(=O)(=O)CC)cc1. The van der Waals surface area contributed by atoms with Crippen molar-refractivity contribution in [1.29, 1.82) is 0 Å². The van der Waals surface area contributed by atoms with E-state index in [4.69, 9.17) is 4.74 Å². The lowest BCUT2D eigenvalue weighted by atomic mass is 10.1. The molecule has 0 aliphatic heterocycles. The summed E-state index contributed by atoms with van der Waals surface area (Å²) in [5.74, 6) is -0.233. The van der Waals surface area contributed by atoms with Gasteiger partial charge in [-0.2, -0.15) is 0 Å². The van der Waals surface area contributed by atoms with Crippen LogP contribution in [0.1, 0.15) is 19.4 Å². The van der Waals surface area contributed by atoms with E-state index in [1.54, 1.807) is 26.0 Å². The lowest BCUT2D eigenvalue weighted by Crippen LogP contribution is -2.08. The van der Waals surface area contributed by atoms with Crippen molar-refractivity contribution >= 4 is 15.8 Å². The van der Waals surface area contributed by atoms with Gasteiger partial charge in [0.05, 0.1) is 23.7 Å². The van der Waals surface area contributed by atoms with Crippen molar-refractivity contribution < 1.29 is 17.9 Å². The van der Waals surface area contributed by atoms with E-state index < -0.39 is 9.84 Å². The Labute approximate surface area is 102 Å². The second-order valence-electron chi connectivity index (χ2n) is 3.53. The molecule has 0 bridgehead atoms. The van der Waals surface area contributed by atoms with Crippen LogP contribution in [0, 0.1) is 0 Å². The van der Waals surface area contributed by atoms with Gasteiger partial charge in [0.15, 0.2) is 9.84 Å². The van der Waals surface area contributed by atoms with E-state index in [1.807, 2.05) is 0 Å². The third-order valence-electron chi connectivity index (χ3n) is 2.32. The maximum absolute atomic E-state index is 11.5. The summed E-state index contributed by atoms with van der Waals surface area (Å²) in [4.78, 5) is 11.5. The molecule has 1 aromatic rings. The van der Waals surface area contributed by atoms with E-state index in [-0.39, 0.29) is 23.0 Å². The zero-order valence-electron chi connectivity index (χ0n) is 9.97. The Morgan fingerprint density at radius 1 is 1.18 bits per heavy atom. The molecule has 0 fully saturated rings. The number of hydrogen-bond donors (Lipinski definition) is 0. The van der Waals surface area contributed by atoms with Gasteiger partial charge in [0.2, 0.25) is 0 Å². The third kappa shape index (κ3) is 3.85. The molecule has 0 amide bonds. The Morgan fingerprint density at radius 2 is 1.76 bits per heavy atom. The minimum absolute atomic E-state index is 0.0736. The van der Waals surface area contributed by atoms with Crippen LogP contribution in [-0.4, -0.2) is 26.7 Å². The van der Waals surface area contributed by atoms with Crippen LogP contribution in [0.15, 0.2) is 29.2 Å². The summed E-state index contributed by atoms with van der Waals surface area (Å²) in [5, 5.41) is 0. The Kier molecular flexibility index (Phi) is 4.69. The van der Waals surface area contributed by atoms with E-state index in [9.17, 15) is 13.2 Å². The standard InChI is InChI=1S/C12H16O4S/c1-3-16-12(13)9-10-5-7-11(8-6-10)17(14,15)4-2/h5-8H,3-4,9H2,1-2H3. The average Bonchev–Trinajstić information content (AvgIpc) is 2.30. The first-order valence-electron chi connectivity index (χ1n) is 5.47. The van der Waals surface area contributed by atoms with Crippen LogP contribution < -0.4 is 0 Å². The Balaban J connectivity index is 2.79. The van der Waals surface area contributed by atoms with Crippen molar-refractivity contribution in [3.63, 3.8) is 0 Å². The van der Waals surface area contributed by atoms with Crippen molar-refractivity contribution in [3.8, 4) is 0 Å². The van der Waals surface area contributed by atoms with E-state index >= 15 is 0 Å². The number of ether oxygens (including phenoxy) is 1. The molecule has 4 nitrogen and oxygen atoms in total. The highest BCUT2D eigenvalue weighted by Gasteiger charge is 2.11. The van der Waals surface area contributed by atoms with Crippen molar-refractivity contribution in [2.45, 2.75) is 25.2 Å². The van der Waals surface area contributed by atoms with Gasteiger partial charge >= 0.3 is 5.97 Å². The van der Waals surface area contributed by atoms with Crippen molar-refractivity contribution in [1.82, 2.24) is 0 Å². The smallest absolute Gasteiger partial charge is 0.310 e. The van der Waals surface area contributed by atoms with Gasteiger partial charge in [-0.25, -0.2) is 8.42 Å². The molecule has 0 unspecified atom stereocenters. The molecule has 0 aromatic heterocycles. The zero-order chi connectivity index (χ0) is 12.9. The fraction of sp³-hybridized carbons (Fsp3) is 0.417. The molecule has 0 aliphatic rings. The Bertz CT molecular complexity index is 474. The maximum atomic E-state index is 11.5. The van der Waals surface area contributed by atoms with Crippen LogP contribution in [0.4, 0.5) is 0 Å². The fourth-order valence-corrected chi connectivity index (χ4v) is 2.24. The minimum atomic E-state index is -3.17. The summed E-state index contributed by atoms with van der Waals surface area (Å²) in [5.41, 5.74) is 0.749.